The van der Waals surface area contributed by atoms with Crippen molar-refractivity contribution in [3.8, 4) is 0 Å². The van der Waals surface area contributed by atoms with Crippen molar-refractivity contribution in [2.24, 2.45) is 0 Å². The fraction of sp³-hybridized carbons (Fsp3) is 0.625. The molecule has 1 N–H and O–H groups in total. The quantitative estimate of drug-likeness (QED) is 0.869. The van der Waals surface area contributed by atoms with Gasteiger partial charge in [0.2, 0.25) is 0 Å². The van der Waals surface area contributed by atoms with Crippen LogP contribution in [0.25, 0.3) is 0 Å². The van der Waals surface area contributed by atoms with Gasteiger partial charge >= 0.3 is 0 Å². The second-order valence-corrected chi connectivity index (χ2v) is 7.56. The lowest BCUT2D eigenvalue weighted by Crippen LogP contribution is -2.40. The van der Waals surface area contributed by atoms with E-state index < -0.39 is 0 Å². The molecule has 1 heterocycles. The first-order valence-corrected chi connectivity index (χ1v) is 7.91. The van der Waals surface area contributed by atoms with Gasteiger partial charge < -0.3 is 5.32 Å². The molecular formula is C16H25NS. The van der Waals surface area contributed by atoms with Gasteiger partial charge in [-0.25, -0.2) is 0 Å². The molecule has 0 fully saturated rings. The molecule has 1 aromatic carbocycles. The van der Waals surface area contributed by atoms with E-state index in [4.69, 9.17) is 0 Å². The first-order valence-electron chi connectivity index (χ1n) is 6.93. The zero-order valence-electron chi connectivity index (χ0n) is 12.3. The van der Waals surface area contributed by atoms with Crippen LogP contribution in [0, 0.1) is 13.8 Å². The Morgan fingerprint density at radius 2 is 2.06 bits per heavy atom. The van der Waals surface area contributed by atoms with Crippen molar-refractivity contribution in [1.82, 2.24) is 5.32 Å². The normalized spacial score (nSPS) is 21.7. The number of rotatable bonds is 3. The standard InChI is InChI=1S/C16H25NS/c1-6-7-17-15-14-12(3)8-11(2)9-13(14)10-18-16(15,4)5/h8-9,15,17H,6-7,10H2,1-5H3. The summed E-state index contributed by atoms with van der Waals surface area (Å²) in [5.41, 5.74) is 5.93. The summed E-state index contributed by atoms with van der Waals surface area (Å²) in [5, 5.41) is 3.76. The van der Waals surface area contributed by atoms with Crippen LogP contribution in [-0.2, 0) is 5.75 Å². The molecule has 0 bridgehead atoms. The Hall–Kier alpha value is -0.470. The first kappa shape index (κ1) is 14.0. The third kappa shape index (κ3) is 2.60. The van der Waals surface area contributed by atoms with Crippen LogP contribution in [0.1, 0.15) is 55.5 Å². The number of thioether (sulfide) groups is 1. The molecule has 2 heteroatoms. The summed E-state index contributed by atoms with van der Waals surface area (Å²) in [5.74, 6) is 1.15. The van der Waals surface area contributed by atoms with Crippen molar-refractivity contribution in [1.29, 1.82) is 0 Å². The van der Waals surface area contributed by atoms with Crippen molar-refractivity contribution >= 4 is 11.8 Å². The third-order valence-corrected chi connectivity index (χ3v) is 5.23. The Balaban J connectivity index is 2.44. The van der Waals surface area contributed by atoms with E-state index in [-0.39, 0.29) is 4.75 Å². The second-order valence-electron chi connectivity index (χ2n) is 5.93. The van der Waals surface area contributed by atoms with Crippen LogP contribution in [0.15, 0.2) is 12.1 Å². The summed E-state index contributed by atoms with van der Waals surface area (Å²) in [6.07, 6.45) is 1.19. The molecule has 1 nitrogen and oxygen atoms in total. The van der Waals surface area contributed by atoms with Crippen LogP contribution in [0.3, 0.4) is 0 Å². The smallest absolute Gasteiger partial charge is 0.0469 e. The summed E-state index contributed by atoms with van der Waals surface area (Å²) >= 11 is 2.08. The Morgan fingerprint density at radius 3 is 2.72 bits per heavy atom. The SMILES string of the molecule is CCCNC1c2c(C)cc(C)cc2CSC1(C)C. The number of fused-ring (bicyclic) bond motifs is 1. The zero-order valence-corrected chi connectivity index (χ0v) is 13.1. The van der Waals surface area contributed by atoms with Gasteiger partial charge in [0.15, 0.2) is 0 Å². The summed E-state index contributed by atoms with van der Waals surface area (Å²) in [6, 6.07) is 5.17. The van der Waals surface area contributed by atoms with E-state index in [1.54, 1.807) is 5.56 Å². The van der Waals surface area contributed by atoms with Crippen molar-refractivity contribution < 1.29 is 0 Å². The molecular weight excluding hydrogens is 238 g/mol. The van der Waals surface area contributed by atoms with Gasteiger partial charge in [0.25, 0.3) is 0 Å². The highest BCUT2D eigenvalue weighted by atomic mass is 32.2. The van der Waals surface area contributed by atoms with Gasteiger partial charge in [-0.15, -0.1) is 11.8 Å². The van der Waals surface area contributed by atoms with Crippen LogP contribution >= 0.6 is 11.8 Å². The van der Waals surface area contributed by atoms with Crippen LogP contribution in [0.2, 0.25) is 0 Å². The van der Waals surface area contributed by atoms with Crippen LogP contribution in [-0.4, -0.2) is 11.3 Å². The summed E-state index contributed by atoms with van der Waals surface area (Å²) in [4.78, 5) is 0. The Kier molecular flexibility index (Phi) is 4.08. The van der Waals surface area contributed by atoms with Crippen molar-refractivity contribution in [2.75, 3.05) is 6.54 Å². The summed E-state index contributed by atoms with van der Waals surface area (Å²) in [6.45, 7) is 12.5. The molecule has 1 atom stereocenters. The average molecular weight is 263 g/mol. The number of aryl methyl sites for hydroxylation is 2. The number of benzene rings is 1. The van der Waals surface area contributed by atoms with Gasteiger partial charge in [-0.1, -0.05) is 24.6 Å². The molecule has 0 saturated carbocycles. The lowest BCUT2D eigenvalue weighted by atomic mass is 9.87. The van der Waals surface area contributed by atoms with Crippen LogP contribution in [0.5, 0.6) is 0 Å². The maximum absolute atomic E-state index is 3.76. The van der Waals surface area contributed by atoms with E-state index in [0.29, 0.717) is 6.04 Å². The lowest BCUT2D eigenvalue weighted by molar-refractivity contribution is 0.437. The van der Waals surface area contributed by atoms with E-state index in [2.05, 4.69) is 63.8 Å². The fourth-order valence-electron chi connectivity index (χ4n) is 2.93. The van der Waals surface area contributed by atoms with Crippen molar-refractivity contribution in [3.05, 3.63) is 34.4 Å². The largest absolute Gasteiger partial charge is 0.309 e. The molecule has 1 aliphatic heterocycles. The van der Waals surface area contributed by atoms with Crippen LogP contribution < -0.4 is 5.32 Å². The highest BCUT2D eigenvalue weighted by Crippen LogP contribution is 2.46. The molecule has 0 aromatic heterocycles. The van der Waals surface area contributed by atoms with E-state index in [1.165, 1.54) is 23.1 Å². The van der Waals surface area contributed by atoms with E-state index in [9.17, 15) is 0 Å². The predicted octanol–water partition coefficient (Wildman–Crippen LogP) is 4.37. The molecule has 2 rings (SSSR count). The van der Waals surface area contributed by atoms with E-state index >= 15 is 0 Å². The molecule has 0 aliphatic carbocycles. The minimum absolute atomic E-state index is 0.280. The fourth-order valence-corrected chi connectivity index (χ4v) is 4.06. The van der Waals surface area contributed by atoms with Gasteiger partial charge in [0.05, 0.1) is 0 Å². The summed E-state index contributed by atoms with van der Waals surface area (Å²) < 4.78 is 0.280. The molecule has 0 amide bonds. The first-order chi connectivity index (χ1) is 8.45. The highest BCUT2D eigenvalue weighted by Gasteiger charge is 2.37. The molecule has 1 aliphatic rings. The maximum Gasteiger partial charge on any atom is 0.0469 e. The monoisotopic (exact) mass is 263 g/mol. The lowest BCUT2D eigenvalue weighted by Gasteiger charge is -2.41. The molecule has 1 aromatic rings. The molecule has 0 radical (unpaired) electrons. The van der Waals surface area contributed by atoms with Crippen LogP contribution in [0.4, 0.5) is 0 Å². The van der Waals surface area contributed by atoms with E-state index in [1.807, 2.05) is 0 Å². The topological polar surface area (TPSA) is 12.0 Å². The number of hydrogen-bond acceptors (Lipinski definition) is 2. The molecule has 0 saturated heterocycles. The summed E-state index contributed by atoms with van der Waals surface area (Å²) in [7, 11) is 0. The number of hydrogen-bond donors (Lipinski definition) is 1. The number of nitrogens with one attached hydrogen (secondary N) is 1. The van der Waals surface area contributed by atoms with Gasteiger partial charge in [-0.2, -0.15) is 0 Å². The van der Waals surface area contributed by atoms with E-state index in [0.717, 1.165) is 12.3 Å². The minimum atomic E-state index is 0.280. The van der Waals surface area contributed by atoms with Crippen molar-refractivity contribution in [3.63, 3.8) is 0 Å². The molecule has 0 spiro atoms. The Morgan fingerprint density at radius 1 is 1.33 bits per heavy atom. The predicted molar refractivity (Wildman–Crippen MR) is 82.3 cm³/mol. The third-order valence-electron chi connectivity index (χ3n) is 3.80. The maximum atomic E-state index is 3.76. The van der Waals surface area contributed by atoms with Crippen molar-refractivity contribution in [2.45, 2.75) is 57.6 Å². The average Bonchev–Trinajstić information content (AvgIpc) is 2.28. The van der Waals surface area contributed by atoms with Gasteiger partial charge in [-0.05, 0) is 57.4 Å². The Labute approximate surface area is 116 Å². The second kappa shape index (κ2) is 5.26. The highest BCUT2D eigenvalue weighted by molar-refractivity contribution is 8.00. The molecule has 18 heavy (non-hydrogen) atoms. The van der Waals surface area contributed by atoms with Gasteiger partial charge in [0.1, 0.15) is 0 Å². The van der Waals surface area contributed by atoms with Gasteiger partial charge in [-0.3, -0.25) is 0 Å². The van der Waals surface area contributed by atoms with Gasteiger partial charge in [0, 0.05) is 16.5 Å². The molecule has 100 valence electrons. The minimum Gasteiger partial charge on any atom is -0.309 e. The Bertz CT molecular complexity index is 437. The molecule has 1 unspecified atom stereocenters. The zero-order chi connectivity index (χ0) is 13.3.